The number of carbonyl (C=O) groups is 1. The minimum atomic E-state index is -0.182. The summed E-state index contributed by atoms with van der Waals surface area (Å²) in [7, 11) is 0. The maximum Gasteiger partial charge on any atom is 0.271 e. The van der Waals surface area contributed by atoms with Gasteiger partial charge in [0.15, 0.2) is 0 Å². The third-order valence-electron chi connectivity index (χ3n) is 3.23. The van der Waals surface area contributed by atoms with Gasteiger partial charge < -0.3 is 4.74 Å². The van der Waals surface area contributed by atoms with Crippen molar-refractivity contribution in [2.24, 2.45) is 5.10 Å². The number of carbonyl (C=O) groups excluding carboxylic acids is 1. The first-order chi connectivity index (χ1) is 9.79. The minimum absolute atomic E-state index is 0.182. The van der Waals surface area contributed by atoms with Gasteiger partial charge in [0.2, 0.25) is 0 Å². The van der Waals surface area contributed by atoms with Gasteiger partial charge in [-0.3, -0.25) is 4.79 Å². The zero-order valence-electron chi connectivity index (χ0n) is 11.6. The number of nitrogens with one attached hydrogen (secondary N) is 1. The summed E-state index contributed by atoms with van der Waals surface area (Å²) in [6, 6.07) is 7.00. The van der Waals surface area contributed by atoms with Crippen molar-refractivity contribution in [3.63, 3.8) is 0 Å². The van der Waals surface area contributed by atoms with Gasteiger partial charge in [-0.2, -0.15) is 5.10 Å². The van der Waals surface area contributed by atoms with E-state index in [0.717, 1.165) is 24.3 Å². The highest BCUT2D eigenvalue weighted by Gasteiger charge is 2.08. The van der Waals surface area contributed by atoms with Crippen LogP contribution in [0.25, 0.3) is 0 Å². The number of hydrazone groups is 1. The summed E-state index contributed by atoms with van der Waals surface area (Å²) in [6.45, 7) is 4.04. The molecule has 106 valence electrons. The molecule has 0 heterocycles. The molecule has 0 radical (unpaired) electrons. The van der Waals surface area contributed by atoms with Crippen LogP contribution in [-0.2, 0) is 0 Å². The molecule has 0 aromatic heterocycles. The van der Waals surface area contributed by atoms with Crippen molar-refractivity contribution in [3.05, 3.63) is 42.5 Å². The predicted octanol–water partition coefficient (Wildman–Crippen LogP) is 3.30. The Kier molecular flexibility index (Phi) is 5.35. The van der Waals surface area contributed by atoms with Gasteiger partial charge in [-0.05, 0) is 49.9 Å². The molecule has 0 aliphatic heterocycles. The average Bonchev–Trinajstić information content (AvgIpc) is 2.52. The molecule has 20 heavy (non-hydrogen) atoms. The topological polar surface area (TPSA) is 50.7 Å². The van der Waals surface area contributed by atoms with Crippen LogP contribution < -0.4 is 10.2 Å². The molecule has 0 bridgehead atoms. The van der Waals surface area contributed by atoms with Crippen LogP contribution in [0.4, 0.5) is 0 Å². The summed E-state index contributed by atoms with van der Waals surface area (Å²) in [4.78, 5) is 11.9. The van der Waals surface area contributed by atoms with Crippen LogP contribution in [0, 0.1) is 0 Å². The molecule has 4 heteroatoms. The molecule has 0 atom stereocenters. The molecule has 1 aliphatic carbocycles. The lowest BCUT2D eigenvalue weighted by molar-refractivity contribution is 0.0954. The van der Waals surface area contributed by atoms with Crippen molar-refractivity contribution in [3.8, 4) is 5.75 Å². The summed E-state index contributed by atoms with van der Waals surface area (Å²) in [5, 5.41) is 4.20. The van der Waals surface area contributed by atoms with Gasteiger partial charge in [0.05, 0.1) is 0 Å². The Balaban J connectivity index is 1.90. The number of nitrogens with zero attached hydrogens (tertiary/aromatic N) is 1. The first-order valence-corrected chi connectivity index (χ1v) is 6.99. The highest BCUT2D eigenvalue weighted by Crippen LogP contribution is 2.15. The second-order valence-corrected chi connectivity index (χ2v) is 4.80. The summed E-state index contributed by atoms with van der Waals surface area (Å²) in [6.07, 6.45) is 7.28. The maximum atomic E-state index is 11.9. The highest BCUT2D eigenvalue weighted by atomic mass is 16.5. The predicted molar refractivity (Wildman–Crippen MR) is 80.1 cm³/mol. The van der Waals surface area contributed by atoms with Gasteiger partial charge in [-0.25, -0.2) is 5.43 Å². The fourth-order valence-electron chi connectivity index (χ4n) is 2.12. The van der Waals surface area contributed by atoms with Crippen molar-refractivity contribution in [2.75, 3.05) is 6.61 Å². The molecule has 1 amide bonds. The Bertz CT molecular complexity index is 484. The zero-order valence-corrected chi connectivity index (χ0v) is 11.6. The van der Waals surface area contributed by atoms with E-state index in [1.165, 1.54) is 19.3 Å². The molecular formula is C16H20N2O2. The van der Waals surface area contributed by atoms with Gasteiger partial charge in [-0.1, -0.05) is 19.1 Å². The van der Waals surface area contributed by atoms with E-state index in [9.17, 15) is 4.79 Å². The normalized spacial score (nSPS) is 14.5. The lowest BCUT2D eigenvalue weighted by Gasteiger charge is -2.12. The Labute approximate surface area is 119 Å². The highest BCUT2D eigenvalue weighted by molar-refractivity contribution is 5.95. The van der Waals surface area contributed by atoms with Gasteiger partial charge in [0.25, 0.3) is 5.91 Å². The van der Waals surface area contributed by atoms with Crippen molar-refractivity contribution >= 4 is 11.6 Å². The number of hydrogen-bond donors (Lipinski definition) is 1. The number of benzene rings is 1. The Hall–Kier alpha value is -2.10. The maximum absolute atomic E-state index is 11.9. The van der Waals surface area contributed by atoms with E-state index in [2.05, 4.69) is 17.1 Å². The fourth-order valence-corrected chi connectivity index (χ4v) is 2.12. The summed E-state index contributed by atoms with van der Waals surface area (Å²) in [5.41, 5.74) is 4.30. The van der Waals surface area contributed by atoms with E-state index < -0.39 is 0 Å². The molecule has 1 aromatic carbocycles. The molecular weight excluding hydrogens is 252 g/mol. The molecule has 0 saturated heterocycles. The van der Waals surface area contributed by atoms with Crippen LogP contribution in [-0.4, -0.2) is 18.2 Å². The molecule has 4 nitrogen and oxygen atoms in total. The molecule has 1 N–H and O–H groups in total. The number of ether oxygens (including phenoxy) is 1. The Morgan fingerprint density at radius 1 is 1.25 bits per heavy atom. The molecule has 1 saturated carbocycles. The Morgan fingerprint density at radius 2 is 1.95 bits per heavy atom. The largest absolute Gasteiger partial charge is 0.490 e. The van der Waals surface area contributed by atoms with Crippen LogP contribution in [0.2, 0.25) is 0 Å². The number of amides is 1. The molecule has 1 aliphatic rings. The molecule has 0 spiro atoms. The van der Waals surface area contributed by atoms with Crippen LogP contribution in [0.15, 0.2) is 42.0 Å². The smallest absolute Gasteiger partial charge is 0.271 e. The third kappa shape index (κ3) is 4.23. The first kappa shape index (κ1) is 14.3. The van der Waals surface area contributed by atoms with E-state index in [4.69, 9.17) is 4.74 Å². The average molecular weight is 272 g/mol. The SMILES string of the molecule is C=CCOc1ccc(C(=O)NN=C2CCCCC2)cc1. The second kappa shape index (κ2) is 7.48. The van der Waals surface area contributed by atoms with Crippen molar-refractivity contribution in [2.45, 2.75) is 32.1 Å². The van der Waals surface area contributed by atoms with Crippen LogP contribution >= 0.6 is 0 Å². The molecule has 0 unspecified atom stereocenters. The summed E-state index contributed by atoms with van der Waals surface area (Å²) < 4.78 is 5.37. The monoisotopic (exact) mass is 272 g/mol. The van der Waals surface area contributed by atoms with Crippen LogP contribution in [0.5, 0.6) is 5.75 Å². The van der Waals surface area contributed by atoms with E-state index >= 15 is 0 Å². The van der Waals surface area contributed by atoms with Gasteiger partial charge in [0.1, 0.15) is 12.4 Å². The fraction of sp³-hybridized carbons (Fsp3) is 0.375. The molecule has 1 fully saturated rings. The van der Waals surface area contributed by atoms with Crippen LogP contribution in [0.3, 0.4) is 0 Å². The standard InChI is InChI=1S/C16H20N2O2/c1-2-12-20-15-10-8-13(9-11-15)16(19)18-17-14-6-4-3-5-7-14/h2,8-11H,1,3-7,12H2,(H,18,19). The van der Waals surface area contributed by atoms with E-state index in [0.29, 0.717) is 12.2 Å². The van der Waals surface area contributed by atoms with Crippen molar-refractivity contribution in [1.29, 1.82) is 0 Å². The quantitative estimate of drug-likeness (QED) is 0.660. The lowest BCUT2D eigenvalue weighted by atomic mass is 9.99. The number of hydrogen-bond acceptors (Lipinski definition) is 3. The third-order valence-corrected chi connectivity index (χ3v) is 3.23. The van der Waals surface area contributed by atoms with Crippen molar-refractivity contribution in [1.82, 2.24) is 5.43 Å². The lowest BCUT2D eigenvalue weighted by Crippen LogP contribution is -2.20. The summed E-state index contributed by atoms with van der Waals surface area (Å²) in [5.74, 6) is 0.540. The van der Waals surface area contributed by atoms with E-state index in [1.807, 2.05) is 0 Å². The molecule has 1 aromatic rings. The van der Waals surface area contributed by atoms with Crippen molar-refractivity contribution < 1.29 is 9.53 Å². The van der Waals surface area contributed by atoms with E-state index in [1.54, 1.807) is 30.3 Å². The van der Waals surface area contributed by atoms with Gasteiger partial charge in [0, 0.05) is 11.3 Å². The molecule has 2 rings (SSSR count). The summed E-state index contributed by atoms with van der Waals surface area (Å²) >= 11 is 0. The first-order valence-electron chi connectivity index (χ1n) is 6.99. The van der Waals surface area contributed by atoms with Crippen LogP contribution in [0.1, 0.15) is 42.5 Å². The van der Waals surface area contributed by atoms with Gasteiger partial charge in [-0.15, -0.1) is 0 Å². The Morgan fingerprint density at radius 3 is 2.60 bits per heavy atom. The second-order valence-electron chi connectivity index (χ2n) is 4.80. The van der Waals surface area contributed by atoms with E-state index in [-0.39, 0.29) is 5.91 Å². The van der Waals surface area contributed by atoms with Gasteiger partial charge >= 0.3 is 0 Å². The number of rotatable bonds is 5. The minimum Gasteiger partial charge on any atom is -0.490 e. The zero-order chi connectivity index (χ0) is 14.2.